The lowest BCUT2D eigenvalue weighted by molar-refractivity contribution is 0.162. The molecule has 70 valence electrons. The van der Waals surface area contributed by atoms with Gasteiger partial charge in [0.05, 0.1) is 0 Å². The Hall–Kier alpha value is -0.460. The fourth-order valence-corrected chi connectivity index (χ4v) is 1.96. The summed E-state index contributed by atoms with van der Waals surface area (Å²) in [6, 6.07) is 1.41. The maximum Gasteiger partial charge on any atom is 0.0313 e. The highest BCUT2D eigenvalue weighted by molar-refractivity contribution is 4.95. The highest BCUT2D eigenvalue weighted by Gasteiger charge is 2.22. The van der Waals surface area contributed by atoms with Crippen LogP contribution in [0.15, 0.2) is 12.3 Å². The van der Waals surface area contributed by atoms with Crippen LogP contribution < -0.4 is 0 Å². The van der Waals surface area contributed by atoms with Crippen molar-refractivity contribution < 1.29 is 0 Å². The van der Waals surface area contributed by atoms with Gasteiger partial charge in [-0.3, -0.25) is 0 Å². The molecule has 0 fully saturated rings. The van der Waals surface area contributed by atoms with Crippen molar-refractivity contribution in [2.45, 2.75) is 52.6 Å². The van der Waals surface area contributed by atoms with E-state index in [9.17, 15) is 0 Å². The molecule has 0 aromatic rings. The zero-order valence-electron chi connectivity index (χ0n) is 8.75. The van der Waals surface area contributed by atoms with Gasteiger partial charge in [0, 0.05) is 12.1 Å². The van der Waals surface area contributed by atoms with Gasteiger partial charge in [-0.2, -0.15) is 0 Å². The zero-order valence-corrected chi connectivity index (χ0v) is 8.75. The largest absolute Gasteiger partial charge is 0.372 e. The van der Waals surface area contributed by atoms with Crippen molar-refractivity contribution in [3.05, 3.63) is 12.3 Å². The predicted molar refractivity (Wildman–Crippen MR) is 54.0 cm³/mol. The van der Waals surface area contributed by atoms with Gasteiger partial charge in [0.1, 0.15) is 0 Å². The zero-order chi connectivity index (χ0) is 9.14. The van der Waals surface area contributed by atoms with Crippen molar-refractivity contribution in [2.75, 3.05) is 0 Å². The van der Waals surface area contributed by atoms with Gasteiger partial charge in [0.15, 0.2) is 0 Å². The van der Waals surface area contributed by atoms with E-state index in [0.29, 0.717) is 6.04 Å². The Balaban J connectivity index is 2.65. The Kier molecular flexibility index (Phi) is 3.19. The fraction of sp³-hybridized carbons (Fsp3) is 0.818. The standard InChI is InChI=1S/C11H21N/c1-9(2)11-7-5-6-8-12(11)10(3)4/h6,8-11H,5,7H2,1-4H3. The molecule has 0 amide bonds. The first kappa shape index (κ1) is 9.63. The van der Waals surface area contributed by atoms with E-state index in [2.05, 4.69) is 44.9 Å². The highest BCUT2D eigenvalue weighted by atomic mass is 15.2. The van der Waals surface area contributed by atoms with E-state index in [1.54, 1.807) is 0 Å². The molecule has 1 rings (SSSR count). The van der Waals surface area contributed by atoms with Crippen LogP contribution in [0.1, 0.15) is 40.5 Å². The van der Waals surface area contributed by atoms with Crippen LogP contribution in [0.5, 0.6) is 0 Å². The van der Waals surface area contributed by atoms with Crippen LogP contribution in [0.3, 0.4) is 0 Å². The molecule has 1 unspecified atom stereocenters. The third-order valence-corrected chi connectivity index (χ3v) is 2.66. The summed E-state index contributed by atoms with van der Waals surface area (Å²) in [5, 5.41) is 0. The molecule has 1 nitrogen and oxygen atoms in total. The number of nitrogens with zero attached hydrogens (tertiary/aromatic N) is 1. The Morgan fingerprint density at radius 1 is 1.25 bits per heavy atom. The molecule has 0 spiro atoms. The van der Waals surface area contributed by atoms with Crippen LogP contribution >= 0.6 is 0 Å². The van der Waals surface area contributed by atoms with Crippen molar-refractivity contribution in [3.63, 3.8) is 0 Å². The minimum atomic E-state index is 0.647. The lowest BCUT2D eigenvalue weighted by atomic mass is 9.94. The molecule has 12 heavy (non-hydrogen) atoms. The first-order valence-corrected chi connectivity index (χ1v) is 5.07. The summed E-state index contributed by atoms with van der Waals surface area (Å²) in [6.07, 6.45) is 7.15. The van der Waals surface area contributed by atoms with E-state index in [1.165, 1.54) is 12.8 Å². The van der Waals surface area contributed by atoms with Gasteiger partial charge in [0.25, 0.3) is 0 Å². The highest BCUT2D eigenvalue weighted by Crippen LogP contribution is 2.23. The molecule has 0 radical (unpaired) electrons. The quantitative estimate of drug-likeness (QED) is 0.611. The van der Waals surface area contributed by atoms with Crippen molar-refractivity contribution in [3.8, 4) is 0 Å². The topological polar surface area (TPSA) is 3.24 Å². The lowest BCUT2D eigenvalue weighted by Gasteiger charge is -2.39. The third-order valence-electron chi connectivity index (χ3n) is 2.66. The molecule has 0 bridgehead atoms. The number of allylic oxidation sites excluding steroid dienone is 1. The first-order valence-electron chi connectivity index (χ1n) is 5.07. The van der Waals surface area contributed by atoms with Crippen LogP contribution in [-0.4, -0.2) is 17.0 Å². The summed E-state index contributed by atoms with van der Waals surface area (Å²) >= 11 is 0. The molecule has 0 saturated carbocycles. The van der Waals surface area contributed by atoms with Gasteiger partial charge in [-0.05, 0) is 38.8 Å². The Bertz CT molecular complexity index is 158. The minimum Gasteiger partial charge on any atom is -0.372 e. The molecular formula is C11H21N. The maximum atomic E-state index is 2.49. The second-order valence-corrected chi connectivity index (χ2v) is 4.31. The first-order chi connectivity index (χ1) is 5.63. The van der Waals surface area contributed by atoms with E-state index >= 15 is 0 Å². The summed E-state index contributed by atoms with van der Waals surface area (Å²) < 4.78 is 0. The van der Waals surface area contributed by atoms with Crippen molar-refractivity contribution >= 4 is 0 Å². The van der Waals surface area contributed by atoms with Crippen molar-refractivity contribution in [2.24, 2.45) is 5.92 Å². The van der Waals surface area contributed by atoms with Gasteiger partial charge in [-0.15, -0.1) is 0 Å². The minimum absolute atomic E-state index is 0.647. The lowest BCUT2D eigenvalue weighted by Crippen LogP contribution is -2.41. The Morgan fingerprint density at radius 3 is 2.33 bits per heavy atom. The third kappa shape index (κ3) is 2.02. The van der Waals surface area contributed by atoms with Crippen LogP contribution in [0.25, 0.3) is 0 Å². The summed E-state index contributed by atoms with van der Waals surface area (Å²) in [5.74, 6) is 0.775. The van der Waals surface area contributed by atoms with Crippen molar-refractivity contribution in [1.29, 1.82) is 0 Å². The second-order valence-electron chi connectivity index (χ2n) is 4.31. The molecule has 0 N–H and O–H groups in total. The monoisotopic (exact) mass is 167 g/mol. The Morgan fingerprint density at radius 2 is 1.92 bits per heavy atom. The van der Waals surface area contributed by atoms with Crippen LogP contribution in [0.2, 0.25) is 0 Å². The molecule has 0 aromatic heterocycles. The molecular weight excluding hydrogens is 146 g/mol. The SMILES string of the molecule is CC(C)C1CCC=CN1C(C)C. The second kappa shape index (κ2) is 3.97. The predicted octanol–water partition coefficient (Wildman–Crippen LogP) is 3.03. The van der Waals surface area contributed by atoms with Gasteiger partial charge in [0.2, 0.25) is 0 Å². The molecule has 1 heteroatoms. The van der Waals surface area contributed by atoms with E-state index in [0.717, 1.165) is 12.0 Å². The smallest absolute Gasteiger partial charge is 0.0313 e. The fourth-order valence-electron chi connectivity index (χ4n) is 1.96. The Labute approximate surface area is 76.5 Å². The molecule has 1 aliphatic rings. The number of hydrogen-bond donors (Lipinski definition) is 0. The van der Waals surface area contributed by atoms with Crippen LogP contribution in [0.4, 0.5) is 0 Å². The summed E-state index contributed by atoms with van der Waals surface area (Å²) in [6.45, 7) is 9.18. The van der Waals surface area contributed by atoms with Crippen LogP contribution in [-0.2, 0) is 0 Å². The van der Waals surface area contributed by atoms with Gasteiger partial charge >= 0.3 is 0 Å². The van der Waals surface area contributed by atoms with E-state index in [1.807, 2.05) is 0 Å². The van der Waals surface area contributed by atoms with E-state index in [-0.39, 0.29) is 0 Å². The molecule has 1 atom stereocenters. The molecule has 0 aromatic carbocycles. The molecule has 1 aliphatic heterocycles. The molecule has 0 aliphatic carbocycles. The molecule has 1 heterocycles. The maximum absolute atomic E-state index is 2.49. The van der Waals surface area contributed by atoms with Gasteiger partial charge in [-0.1, -0.05) is 19.9 Å². The summed E-state index contributed by atoms with van der Waals surface area (Å²) in [7, 11) is 0. The normalized spacial score (nSPS) is 24.2. The average molecular weight is 167 g/mol. The number of rotatable bonds is 2. The van der Waals surface area contributed by atoms with Crippen molar-refractivity contribution in [1.82, 2.24) is 4.90 Å². The average Bonchev–Trinajstić information content (AvgIpc) is 2.04. The van der Waals surface area contributed by atoms with Gasteiger partial charge < -0.3 is 4.90 Å². The summed E-state index contributed by atoms with van der Waals surface area (Å²) in [5.41, 5.74) is 0. The summed E-state index contributed by atoms with van der Waals surface area (Å²) in [4.78, 5) is 2.49. The van der Waals surface area contributed by atoms with Gasteiger partial charge in [-0.25, -0.2) is 0 Å². The van der Waals surface area contributed by atoms with E-state index < -0.39 is 0 Å². The van der Waals surface area contributed by atoms with E-state index in [4.69, 9.17) is 0 Å². The van der Waals surface area contributed by atoms with Crippen LogP contribution in [0, 0.1) is 5.92 Å². The number of hydrogen-bond acceptors (Lipinski definition) is 1. The molecule has 0 saturated heterocycles.